The predicted octanol–water partition coefficient (Wildman–Crippen LogP) is 0.970. The van der Waals surface area contributed by atoms with Crippen LogP contribution in [0.1, 0.15) is 23.2 Å². The zero-order valence-corrected chi connectivity index (χ0v) is 11.2. The molecule has 0 aliphatic heterocycles. The van der Waals surface area contributed by atoms with Crippen LogP contribution in [-0.2, 0) is 0 Å². The van der Waals surface area contributed by atoms with E-state index in [1.54, 1.807) is 6.07 Å². The van der Waals surface area contributed by atoms with E-state index in [-0.39, 0.29) is 10.2 Å². The maximum Gasteiger partial charge on any atom is 0.354 e. The fourth-order valence-electron chi connectivity index (χ4n) is 1.92. The lowest BCUT2D eigenvalue weighted by atomic mass is 10.1. The lowest BCUT2D eigenvalue weighted by Gasteiger charge is -2.12. The molecule has 2 N–H and O–H groups in total. The number of aryl methyl sites for hydroxylation is 1. The van der Waals surface area contributed by atoms with Crippen molar-refractivity contribution in [1.29, 1.82) is 5.26 Å². The molecular formula is C13H9F3N4O2. The average Bonchev–Trinajstić information content (AvgIpc) is 2.45. The molecule has 0 atom stereocenters. The molecule has 0 fully saturated rings. The second-order valence-corrected chi connectivity index (χ2v) is 4.43. The third kappa shape index (κ3) is 2.35. The molecule has 0 bridgehead atoms. The van der Waals surface area contributed by atoms with Crippen molar-refractivity contribution in [2.24, 2.45) is 0 Å². The number of nitrogen functional groups attached to an aromatic ring is 1. The Morgan fingerprint density at radius 3 is 2.45 bits per heavy atom. The molecule has 114 valence electrons. The van der Waals surface area contributed by atoms with E-state index in [2.05, 4.69) is 0 Å². The monoisotopic (exact) mass is 310 g/mol. The van der Waals surface area contributed by atoms with Crippen LogP contribution < -0.4 is 17.1 Å². The number of nitrogens with two attached hydrogens (primary N) is 1. The maximum absolute atomic E-state index is 14.0. The summed E-state index contributed by atoms with van der Waals surface area (Å²) in [5.41, 5.74) is -3.57. The molecule has 0 amide bonds. The summed E-state index contributed by atoms with van der Waals surface area (Å²) >= 11 is 0. The quantitative estimate of drug-likeness (QED) is 0.836. The normalized spacial score (nSPS) is 10.7. The first-order valence-electron chi connectivity index (χ1n) is 5.90. The Morgan fingerprint density at radius 1 is 1.27 bits per heavy atom. The first-order valence-corrected chi connectivity index (χ1v) is 5.90. The van der Waals surface area contributed by atoms with Gasteiger partial charge in [0.25, 0.3) is 12.0 Å². The van der Waals surface area contributed by atoms with Crippen molar-refractivity contribution in [2.45, 2.75) is 13.3 Å². The molecule has 0 unspecified atom stereocenters. The Balaban J connectivity index is 2.84. The van der Waals surface area contributed by atoms with Crippen LogP contribution in [0.3, 0.4) is 0 Å². The van der Waals surface area contributed by atoms with Gasteiger partial charge < -0.3 is 5.84 Å². The number of aromatic nitrogens is 2. The van der Waals surface area contributed by atoms with E-state index >= 15 is 0 Å². The third-order valence-corrected chi connectivity index (χ3v) is 3.05. The smallest absolute Gasteiger partial charge is 0.335 e. The van der Waals surface area contributed by atoms with Gasteiger partial charge in [0.2, 0.25) is 0 Å². The van der Waals surface area contributed by atoms with Crippen molar-refractivity contribution >= 4 is 0 Å². The molecule has 9 heteroatoms. The molecule has 0 saturated carbocycles. The number of nitrogens with zero attached hydrogens (tertiary/aromatic N) is 3. The van der Waals surface area contributed by atoms with Gasteiger partial charge >= 0.3 is 5.69 Å². The number of rotatable bonds is 2. The van der Waals surface area contributed by atoms with Gasteiger partial charge in [-0.25, -0.2) is 27.2 Å². The second kappa shape index (κ2) is 5.40. The molecular weight excluding hydrogens is 301 g/mol. The highest BCUT2D eigenvalue weighted by atomic mass is 19.3. The van der Waals surface area contributed by atoms with Gasteiger partial charge in [0.15, 0.2) is 0 Å². The highest BCUT2D eigenvalue weighted by molar-refractivity contribution is 5.46. The Kier molecular flexibility index (Phi) is 3.77. The highest BCUT2D eigenvalue weighted by Crippen LogP contribution is 2.18. The minimum absolute atomic E-state index is 0.0200. The van der Waals surface area contributed by atoms with E-state index in [1.807, 2.05) is 0 Å². The maximum atomic E-state index is 14.0. The van der Waals surface area contributed by atoms with Crippen LogP contribution in [0, 0.1) is 24.1 Å². The van der Waals surface area contributed by atoms with E-state index in [9.17, 15) is 22.8 Å². The first-order chi connectivity index (χ1) is 10.3. The van der Waals surface area contributed by atoms with Gasteiger partial charge in [-0.1, -0.05) is 0 Å². The zero-order valence-electron chi connectivity index (χ0n) is 11.2. The van der Waals surface area contributed by atoms with Crippen molar-refractivity contribution in [3.05, 3.63) is 61.7 Å². The summed E-state index contributed by atoms with van der Waals surface area (Å²) in [6.45, 7) is 1.47. The third-order valence-electron chi connectivity index (χ3n) is 3.05. The molecule has 0 spiro atoms. The van der Waals surface area contributed by atoms with Crippen molar-refractivity contribution < 1.29 is 13.2 Å². The summed E-state index contributed by atoms with van der Waals surface area (Å²) in [6.07, 6.45) is -3.13. The minimum atomic E-state index is -3.13. The second-order valence-electron chi connectivity index (χ2n) is 4.43. The predicted molar refractivity (Wildman–Crippen MR) is 70.8 cm³/mol. The van der Waals surface area contributed by atoms with Crippen molar-refractivity contribution in [2.75, 3.05) is 5.84 Å². The van der Waals surface area contributed by atoms with Gasteiger partial charge in [0.05, 0.1) is 17.3 Å². The zero-order chi connectivity index (χ0) is 16.6. The average molecular weight is 310 g/mol. The molecule has 1 heterocycles. The number of hydrogen-bond donors (Lipinski definition) is 1. The van der Waals surface area contributed by atoms with E-state index in [0.717, 1.165) is 12.1 Å². The number of nitriles is 1. The number of alkyl halides is 2. The molecule has 0 aliphatic carbocycles. The van der Waals surface area contributed by atoms with E-state index < -0.39 is 34.9 Å². The van der Waals surface area contributed by atoms with Crippen LogP contribution >= 0.6 is 0 Å². The molecule has 22 heavy (non-hydrogen) atoms. The van der Waals surface area contributed by atoms with Crippen LogP contribution in [-0.4, -0.2) is 9.24 Å². The summed E-state index contributed by atoms with van der Waals surface area (Å²) in [4.78, 5) is 23.8. The van der Waals surface area contributed by atoms with E-state index in [4.69, 9.17) is 11.1 Å². The molecule has 0 saturated heterocycles. The summed E-state index contributed by atoms with van der Waals surface area (Å²) in [5.74, 6) is 4.20. The van der Waals surface area contributed by atoms with Gasteiger partial charge in [0.1, 0.15) is 11.5 Å². The number of halogens is 3. The van der Waals surface area contributed by atoms with Crippen molar-refractivity contribution in [3.8, 4) is 11.8 Å². The lowest BCUT2D eigenvalue weighted by molar-refractivity contribution is 0.141. The fourth-order valence-corrected chi connectivity index (χ4v) is 1.92. The Hall–Kier alpha value is -3.02. The topological polar surface area (TPSA) is 93.8 Å². The van der Waals surface area contributed by atoms with Crippen LogP contribution in [0.4, 0.5) is 13.2 Å². The molecule has 0 aliphatic rings. The number of benzene rings is 1. The van der Waals surface area contributed by atoms with Crippen LogP contribution in [0.15, 0.2) is 27.8 Å². The van der Waals surface area contributed by atoms with Crippen LogP contribution in [0.25, 0.3) is 5.69 Å². The Bertz CT molecular complexity index is 909. The molecule has 2 aromatic rings. The summed E-state index contributed by atoms with van der Waals surface area (Å²) in [5, 5.41) is 8.80. The fraction of sp³-hybridized carbons (Fsp3) is 0.154. The Morgan fingerprint density at radius 2 is 1.91 bits per heavy atom. The highest BCUT2D eigenvalue weighted by Gasteiger charge is 2.20. The van der Waals surface area contributed by atoms with Crippen LogP contribution in [0.2, 0.25) is 0 Å². The number of hydrogen-bond acceptors (Lipinski definition) is 4. The summed E-state index contributed by atoms with van der Waals surface area (Å²) in [6, 6.07) is 4.14. The molecule has 2 rings (SSSR count). The first kappa shape index (κ1) is 15.4. The van der Waals surface area contributed by atoms with Crippen molar-refractivity contribution in [1.82, 2.24) is 9.24 Å². The SMILES string of the molecule is Cc1cc(-n2c(=O)cc(C(F)F)n(N)c2=O)c(F)cc1C#N. The van der Waals surface area contributed by atoms with Gasteiger partial charge in [-0.15, -0.1) is 0 Å². The summed E-state index contributed by atoms with van der Waals surface area (Å²) < 4.78 is 39.7. The molecule has 6 nitrogen and oxygen atoms in total. The standard InChI is InChI=1S/C13H9F3N4O2/c1-6-2-9(8(14)3-7(6)5-17)19-11(21)4-10(12(15)16)20(18)13(19)22/h2-4,12H,18H2,1H3. The van der Waals surface area contributed by atoms with E-state index in [0.29, 0.717) is 16.2 Å². The van der Waals surface area contributed by atoms with Crippen molar-refractivity contribution in [3.63, 3.8) is 0 Å². The van der Waals surface area contributed by atoms with Crippen LogP contribution in [0.5, 0.6) is 0 Å². The molecule has 1 aromatic carbocycles. The summed E-state index contributed by atoms with van der Waals surface area (Å²) in [7, 11) is 0. The van der Waals surface area contributed by atoms with Gasteiger partial charge in [-0.3, -0.25) is 4.79 Å². The minimum Gasteiger partial charge on any atom is -0.335 e. The largest absolute Gasteiger partial charge is 0.354 e. The molecule has 0 radical (unpaired) electrons. The Labute approximate surface area is 121 Å². The van der Waals surface area contributed by atoms with Gasteiger partial charge in [0, 0.05) is 6.07 Å². The molecule has 1 aromatic heterocycles. The van der Waals surface area contributed by atoms with Gasteiger partial charge in [-0.2, -0.15) is 5.26 Å². The van der Waals surface area contributed by atoms with E-state index in [1.165, 1.54) is 6.92 Å². The van der Waals surface area contributed by atoms with Gasteiger partial charge in [-0.05, 0) is 24.6 Å². The lowest BCUT2D eigenvalue weighted by Crippen LogP contribution is -2.43.